The molecule has 1 atom stereocenters. The minimum atomic E-state index is -0.0865. The van der Waals surface area contributed by atoms with Crippen LogP contribution in [0.25, 0.3) is 0 Å². The number of hydrogen-bond acceptors (Lipinski definition) is 3. The van der Waals surface area contributed by atoms with Crippen LogP contribution in [0, 0.1) is 5.92 Å². The summed E-state index contributed by atoms with van der Waals surface area (Å²) in [6, 6.07) is 0. The predicted octanol–water partition coefficient (Wildman–Crippen LogP) is 2.28. The van der Waals surface area contributed by atoms with Crippen molar-refractivity contribution in [1.82, 2.24) is 9.80 Å². The number of hydrogen-bond donors (Lipinski definition) is 0. The van der Waals surface area contributed by atoms with Gasteiger partial charge in [-0.1, -0.05) is 19.3 Å². The molecule has 4 heteroatoms. The zero-order valence-electron chi connectivity index (χ0n) is 13.5. The van der Waals surface area contributed by atoms with Gasteiger partial charge in [0.05, 0.1) is 18.8 Å². The van der Waals surface area contributed by atoms with E-state index in [1.807, 2.05) is 4.90 Å². The summed E-state index contributed by atoms with van der Waals surface area (Å²) < 4.78 is 6.17. The Morgan fingerprint density at radius 1 is 1.14 bits per heavy atom. The Kier molecular flexibility index (Phi) is 4.85. The molecule has 2 saturated heterocycles. The highest BCUT2D eigenvalue weighted by Crippen LogP contribution is 2.31. The van der Waals surface area contributed by atoms with E-state index < -0.39 is 0 Å². The molecule has 120 valence electrons. The van der Waals surface area contributed by atoms with Gasteiger partial charge in [-0.05, 0) is 31.6 Å². The fourth-order valence-electron chi connectivity index (χ4n) is 4.43. The van der Waals surface area contributed by atoms with Crippen molar-refractivity contribution in [3.05, 3.63) is 0 Å². The Balaban J connectivity index is 1.57. The van der Waals surface area contributed by atoms with Gasteiger partial charge in [0.25, 0.3) is 0 Å². The molecule has 1 amide bonds. The SMILES string of the molecule is CC(=O)N1CCCC2(CN(CC3CCCCC3)CCO2)C1. The minimum Gasteiger partial charge on any atom is -0.370 e. The maximum atomic E-state index is 11.7. The van der Waals surface area contributed by atoms with Crippen molar-refractivity contribution < 1.29 is 9.53 Å². The molecule has 0 aromatic carbocycles. The second-order valence-corrected chi connectivity index (χ2v) is 7.31. The highest BCUT2D eigenvalue weighted by atomic mass is 16.5. The van der Waals surface area contributed by atoms with Gasteiger partial charge in [-0.3, -0.25) is 9.69 Å². The van der Waals surface area contributed by atoms with Crippen molar-refractivity contribution in [1.29, 1.82) is 0 Å². The molecule has 3 rings (SSSR count). The van der Waals surface area contributed by atoms with E-state index in [0.717, 1.165) is 51.5 Å². The molecule has 3 aliphatic rings. The first-order chi connectivity index (χ1) is 10.2. The van der Waals surface area contributed by atoms with Gasteiger partial charge in [-0.15, -0.1) is 0 Å². The normalized spacial score (nSPS) is 32.5. The van der Waals surface area contributed by atoms with Gasteiger partial charge in [0.15, 0.2) is 0 Å². The van der Waals surface area contributed by atoms with E-state index in [1.165, 1.54) is 38.6 Å². The number of amides is 1. The summed E-state index contributed by atoms with van der Waals surface area (Å²) in [6.07, 6.45) is 9.26. The lowest BCUT2D eigenvalue weighted by Gasteiger charge is -2.48. The highest BCUT2D eigenvalue weighted by molar-refractivity contribution is 5.73. The van der Waals surface area contributed by atoms with Crippen molar-refractivity contribution in [3.63, 3.8) is 0 Å². The fourth-order valence-corrected chi connectivity index (χ4v) is 4.43. The van der Waals surface area contributed by atoms with Gasteiger partial charge in [0.2, 0.25) is 5.91 Å². The van der Waals surface area contributed by atoms with Crippen LogP contribution in [-0.2, 0) is 9.53 Å². The van der Waals surface area contributed by atoms with Gasteiger partial charge in [-0.2, -0.15) is 0 Å². The molecule has 0 bridgehead atoms. The summed E-state index contributed by atoms with van der Waals surface area (Å²) in [5, 5.41) is 0. The van der Waals surface area contributed by atoms with Crippen LogP contribution in [0.2, 0.25) is 0 Å². The van der Waals surface area contributed by atoms with Crippen LogP contribution in [0.5, 0.6) is 0 Å². The summed E-state index contributed by atoms with van der Waals surface area (Å²) in [6.45, 7) is 7.55. The first kappa shape index (κ1) is 15.3. The van der Waals surface area contributed by atoms with Crippen LogP contribution in [-0.4, -0.2) is 60.6 Å². The monoisotopic (exact) mass is 294 g/mol. The molecular weight excluding hydrogens is 264 g/mol. The molecule has 4 nitrogen and oxygen atoms in total. The lowest BCUT2D eigenvalue weighted by atomic mass is 9.87. The van der Waals surface area contributed by atoms with E-state index in [0.29, 0.717) is 0 Å². The molecule has 0 radical (unpaired) electrons. The number of ether oxygens (including phenoxy) is 1. The number of rotatable bonds is 2. The minimum absolute atomic E-state index is 0.0865. The third-order valence-corrected chi connectivity index (χ3v) is 5.55. The maximum Gasteiger partial charge on any atom is 0.219 e. The second kappa shape index (κ2) is 6.66. The van der Waals surface area contributed by atoms with Crippen molar-refractivity contribution >= 4 is 5.91 Å². The van der Waals surface area contributed by atoms with Crippen LogP contribution >= 0.6 is 0 Å². The summed E-state index contributed by atoms with van der Waals surface area (Å²) in [4.78, 5) is 16.3. The van der Waals surface area contributed by atoms with Crippen LogP contribution in [0.4, 0.5) is 0 Å². The summed E-state index contributed by atoms with van der Waals surface area (Å²) >= 11 is 0. The Hall–Kier alpha value is -0.610. The molecular formula is C17H30N2O2. The van der Waals surface area contributed by atoms with Crippen molar-refractivity contribution in [3.8, 4) is 0 Å². The lowest BCUT2D eigenvalue weighted by Crippen LogP contribution is -2.60. The quantitative estimate of drug-likeness (QED) is 0.783. The summed E-state index contributed by atoms with van der Waals surface area (Å²) in [5.41, 5.74) is -0.0865. The smallest absolute Gasteiger partial charge is 0.219 e. The molecule has 1 saturated carbocycles. The standard InChI is InChI=1S/C17H30N2O2/c1-15(20)19-9-5-8-17(14-19)13-18(10-11-21-17)12-16-6-3-2-4-7-16/h16H,2-14H2,1H3. The van der Waals surface area contributed by atoms with E-state index in [-0.39, 0.29) is 11.5 Å². The Bertz CT molecular complexity index is 364. The zero-order chi connectivity index (χ0) is 14.7. The third kappa shape index (κ3) is 3.78. The molecule has 0 N–H and O–H groups in total. The van der Waals surface area contributed by atoms with Gasteiger partial charge < -0.3 is 9.64 Å². The molecule has 1 aliphatic carbocycles. The first-order valence-corrected chi connectivity index (χ1v) is 8.79. The number of carbonyl (C=O) groups excluding carboxylic acids is 1. The number of carbonyl (C=O) groups is 1. The van der Waals surface area contributed by atoms with Gasteiger partial charge >= 0.3 is 0 Å². The van der Waals surface area contributed by atoms with Crippen LogP contribution in [0.15, 0.2) is 0 Å². The van der Waals surface area contributed by atoms with E-state index in [4.69, 9.17) is 4.74 Å². The highest BCUT2D eigenvalue weighted by Gasteiger charge is 2.41. The first-order valence-electron chi connectivity index (χ1n) is 8.79. The second-order valence-electron chi connectivity index (χ2n) is 7.31. The van der Waals surface area contributed by atoms with E-state index >= 15 is 0 Å². The van der Waals surface area contributed by atoms with E-state index in [9.17, 15) is 4.79 Å². The Labute approximate surface area is 128 Å². The Morgan fingerprint density at radius 2 is 1.95 bits per heavy atom. The van der Waals surface area contributed by atoms with E-state index in [1.54, 1.807) is 6.92 Å². The molecule has 2 heterocycles. The lowest BCUT2D eigenvalue weighted by molar-refractivity contribution is -0.157. The molecule has 21 heavy (non-hydrogen) atoms. The molecule has 2 aliphatic heterocycles. The van der Waals surface area contributed by atoms with Crippen molar-refractivity contribution in [2.24, 2.45) is 5.92 Å². The van der Waals surface area contributed by atoms with Gasteiger partial charge in [-0.25, -0.2) is 0 Å². The number of nitrogens with zero attached hydrogens (tertiary/aromatic N) is 2. The molecule has 3 fully saturated rings. The number of morpholine rings is 1. The fraction of sp³-hybridized carbons (Fsp3) is 0.941. The molecule has 1 spiro atoms. The van der Waals surface area contributed by atoms with Crippen LogP contribution in [0.1, 0.15) is 51.9 Å². The third-order valence-electron chi connectivity index (χ3n) is 5.55. The van der Waals surface area contributed by atoms with Crippen molar-refractivity contribution in [2.45, 2.75) is 57.5 Å². The topological polar surface area (TPSA) is 32.8 Å². The van der Waals surface area contributed by atoms with Crippen LogP contribution in [0.3, 0.4) is 0 Å². The largest absolute Gasteiger partial charge is 0.370 e. The predicted molar refractivity (Wildman–Crippen MR) is 83.2 cm³/mol. The summed E-state index contributed by atoms with van der Waals surface area (Å²) in [5.74, 6) is 1.09. The average Bonchev–Trinajstić information content (AvgIpc) is 2.48. The van der Waals surface area contributed by atoms with Gasteiger partial charge in [0.1, 0.15) is 0 Å². The van der Waals surface area contributed by atoms with Crippen molar-refractivity contribution in [2.75, 3.05) is 39.3 Å². The van der Waals surface area contributed by atoms with Crippen LogP contribution < -0.4 is 0 Å². The summed E-state index contributed by atoms with van der Waals surface area (Å²) in [7, 11) is 0. The molecule has 0 aromatic heterocycles. The zero-order valence-corrected chi connectivity index (χ0v) is 13.5. The number of piperidine rings is 1. The molecule has 0 aromatic rings. The average molecular weight is 294 g/mol. The van der Waals surface area contributed by atoms with E-state index in [2.05, 4.69) is 4.90 Å². The maximum absolute atomic E-state index is 11.7. The van der Waals surface area contributed by atoms with Gasteiger partial charge in [0, 0.05) is 33.1 Å². The molecule has 1 unspecified atom stereocenters. The number of likely N-dealkylation sites (tertiary alicyclic amines) is 1. The Morgan fingerprint density at radius 3 is 2.71 bits per heavy atom.